The molecule has 0 spiro atoms. The van der Waals surface area contributed by atoms with Gasteiger partial charge in [0.15, 0.2) is 5.43 Å². The fourth-order valence-electron chi connectivity index (χ4n) is 2.45. The molecule has 0 amide bonds. The predicted molar refractivity (Wildman–Crippen MR) is 91.1 cm³/mol. The monoisotopic (exact) mass is 413 g/mol. The Labute approximate surface area is 138 Å². The molecule has 3 aromatic rings. The van der Waals surface area contributed by atoms with E-state index in [1.807, 2.05) is 22.6 Å². The van der Waals surface area contributed by atoms with Gasteiger partial charge in [-0.2, -0.15) is 0 Å². The van der Waals surface area contributed by atoms with Gasteiger partial charge in [0.2, 0.25) is 0 Å². The Morgan fingerprint density at radius 2 is 1.90 bits per heavy atom. The number of hydrogen-bond donors (Lipinski definition) is 1. The van der Waals surface area contributed by atoms with E-state index < -0.39 is 5.97 Å². The van der Waals surface area contributed by atoms with Crippen LogP contribution >= 0.6 is 34.2 Å². The van der Waals surface area contributed by atoms with Gasteiger partial charge in [0, 0.05) is 10.8 Å². The van der Waals surface area contributed by atoms with Gasteiger partial charge in [-0.05, 0) is 46.9 Å². The van der Waals surface area contributed by atoms with E-state index in [2.05, 4.69) is 0 Å². The molecule has 21 heavy (non-hydrogen) atoms. The maximum absolute atomic E-state index is 12.6. The zero-order valence-electron chi connectivity index (χ0n) is 10.6. The van der Waals surface area contributed by atoms with E-state index in [1.165, 1.54) is 0 Å². The first-order valence-corrected chi connectivity index (χ1v) is 7.57. The van der Waals surface area contributed by atoms with Crippen molar-refractivity contribution in [2.75, 3.05) is 0 Å². The average Bonchev–Trinajstić information content (AvgIpc) is 2.46. The Hall–Kier alpha value is -1.60. The number of aromatic nitrogens is 1. The second kappa shape index (κ2) is 5.31. The summed E-state index contributed by atoms with van der Waals surface area (Å²) in [5.41, 5.74) is 1.05. The molecule has 0 saturated carbocycles. The Kier molecular flexibility index (Phi) is 3.62. The zero-order valence-corrected chi connectivity index (χ0v) is 13.6. The van der Waals surface area contributed by atoms with Gasteiger partial charge in [-0.3, -0.25) is 9.59 Å². The van der Waals surface area contributed by atoms with Gasteiger partial charge >= 0.3 is 5.97 Å². The van der Waals surface area contributed by atoms with E-state index >= 15 is 0 Å². The van der Waals surface area contributed by atoms with Crippen molar-refractivity contribution in [3.63, 3.8) is 0 Å². The lowest BCUT2D eigenvalue weighted by molar-refractivity contribution is -0.137. The third-order valence-electron chi connectivity index (χ3n) is 3.32. The Bertz CT molecular complexity index is 949. The number of nitrogens with zero attached hydrogens (tertiary/aromatic N) is 1. The molecule has 0 aliphatic heterocycles. The SMILES string of the molecule is O=C(O)Cn1c2ccccc2c(=O)c2ccc(Cl)c(I)c21. The van der Waals surface area contributed by atoms with Gasteiger partial charge in [0.05, 0.1) is 19.6 Å². The summed E-state index contributed by atoms with van der Waals surface area (Å²) in [7, 11) is 0. The van der Waals surface area contributed by atoms with Crippen LogP contribution in [0.25, 0.3) is 21.8 Å². The van der Waals surface area contributed by atoms with E-state index in [0.717, 1.165) is 0 Å². The summed E-state index contributed by atoms with van der Waals surface area (Å²) in [6.45, 7) is -0.229. The molecule has 0 saturated heterocycles. The van der Waals surface area contributed by atoms with Crippen molar-refractivity contribution in [2.45, 2.75) is 6.54 Å². The smallest absolute Gasteiger partial charge is 0.323 e. The summed E-state index contributed by atoms with van der Waals surface area (Å²) >= 11 is 8.17. The van der Waals surface area contributed by atoms with Crippen LogP contribution in [0.15, 0.2) is 41.2 Å². The minimum absolute atomic E-state index is 0.114. The molecule has 0 atom stereocenters. The van der Waals surface area contributed by atoms with Crippen LogP contribution in [-0.4, -0.2) is 15.6 Å². The van der Waals surface area contributed by atoms with Crippen LogP contribution in [0, 0.1) is 3.57 Å². The number of pyridine rings is 1. The number of benzene rings is 2. The molecule has 106 valence electrons. The summed E-state index contributed by atoms with van der Waals surface area (Å²) in [4.78, 5) is 23.8. The zero-order chi connectivity index (χ0) is 15.1. The van der Waals surface area contributed by atoms with E-state index in [9.17, 15) is 14.7 Å². The molecule has 1 heterocycles. The van der Waals surface area contributed by atoms with E-state index in [4.69, 9.17) is 11.6 Å². The number of carboxylic acids is 1. The van der Waals surface area contributed by atoms with Crippen molar-refractivity contribution in [1.29, 1.82) is 0 Å². The first-order valence-electron chi connectivity index (χ1n) is 6.11. The number of rotatable bonds is 2. The van der Waals surface area contributed by atoms with Crippen LogP contribution in [0.5, 0.6) is 0 Å². The normalized spacial score (nSPS) is 11.1. The highest BCUT2D eigenvalue weighted by Gasteiger charge is 2.16. The number of fused-ring (bicyclic) bond motifs is 2. The predicted octanol–water partition coefficient (Wildman–Crippen LogP) is 3.50. The molecule has 0 aliphatic carbocycles. The highest BCUT2D eigenvalue weighted by Crippen LogP contribution is 2.28. The number of halogens is 2. The fourth-order valence-corrected chi connectivity index (χ4v) is 3.37. The summed E-state index contributed by atoms with van der Waals surface area (Å²) in [6.07, 6.45) is 0. The average molecular weight is 414 g/mol. The number of carboxylic acid groups (broad SMARTS) is 1. The molecule has 3 rings (SSSR count). The first kappa shape index (κ1) is 14.3. The third-order valence-corrected chi connectivity index (χ3v) is 5.04. The van der Waals surface area contributed by atoms with Gasteiger partial charge in [-0.15, -0.1) is 0 Å². The molecule has 0 aliphatic rings. The topological polar surface area (TPSA) is 59.3 Å². The second-order valence-electron chi connectivity index (χ2n) is 4.58. The Morgan fingerprint density at radius 1 is 1.19 bits per heavy atom. The molecular weight excluding hydrogens is 405 g/mol. The molecule has 0 bridgehead atoms. The van der Waals surface area contributed by atoms with E-state index in [0.29, 0.717) is 30.4 Å². The molecule has 1 aromatic heterocycles. The van der Waals surface area contributed by atoms with Crippen LogP contribution in [0.1, 0.15) is 0 Å². The van der Waals surface area contributed by atoms with Gasteiger partial charge in [-0.25, -0.2) is 0 Å². The molecule has 0 radical (unpaired) electrons. The van der Waals surface area contributed by atoms with Gasteiger partial charge in [0.25, 0.3) is 0 Å². The standard InChI is InChI=1S/C15H9ClINO3/c16-10-6-5-9-14(13(10)17)18(7-12(19)20)11-4-2-1-3-8(11)15(9)21/h1-6H,7H2,(H,19,20). The van der Waals surface area contributed by atoms with Gasteiger partial charge in [0.1, 0.15) is 6.54 Å². The molecule has 6 heteroatoms. The summed E-state index contributed by atoms with van der Waals surface area (Å²) < 4.78 is 2.30. The quantitative estimate of drug-likeness (QED) is 0.517. The lowest BCUT2D eigenvalue weighted by Crippen LogP contribution is -2.16. The van der Waals surface area contributed by atoms with Crippen LogP contribution < -0.4 is 5.43 Å². The van der Waals surface area contributed by atoms with Crippen LogP contribution in [-0.2, 0) is 11.3 Å². The molecule has 1 N–H and O–H groups in total. The number of hydrogen-bond acceptors (Lipinski definition) is 2. The minimum Gasteiger partial charge on any atom is -0.480 e. The van der Waals surface area contributed by atoms with Gasteiger partial charge in [-0.1, -0.05) is 23.7 Å². The van der Waals surface area contributed by atoms with Crippen molar-refractivity contribution in [1.82, 2.24) is 4.57 Å². The Morgan fingerprint density at radius 3 is 2.62 bits per heavy atom. The molecule has 2 aromatic carbocycles. The van der Waals surface area contributed by atoms with Gasteiger partial charge < -0.3 is 9.67 Å². The number of carbonyl (C=O) groups is 1. The van der Waals surface area contributed by atoms with Crippen molar-refractivity contribution in [2.24, 2.45) is 0 Å². The summed E-state index contributed by atoms with van der Waals surface area (Å²) in [5.74, 6) is -0.971. The molecular formula is C15H9ClINO3. The molecule has 0 fully saturated rings. The summed E-state index contributed by atoms with van der Waals surface area (Å²) in [5, 5.41) is 10.7. The lowest BCUT2D eigenvalue weighted by Gasteiger charge is -2.15. The lowest BCUT2D eigenvalue weighted by atomic mass is 10.1. The van der Waals surface area contributed by atoms with Crippen molar-refractivity contribution < 1.29 is 9.90 Å². The second-order valence-corrected chi connectivity index (χ2v) is 6.07. The summed E-state index contributed by atoms with van der Waals surface area (Å²) in [6, 6.07) is 10.3. The fraction of sp³-hybridized carbons (Fsp3) is 0.0667. The van der Waals surface area contributed by atoms with Crippen LogP contribution in [0.4, 0.5) is 0 Å². The largest absolute Gasteiger partial charge is 0.480 e. The van der Waals surface area contributed by atoms with Crippen LogP contribution in [0.2, 0.25) is 5.02 Å². The third kappa shape index (κ3) is 2.30. The number of aliphatic carboxylic acids is 1. The maximum Gasteiger partial charge on any atom is 0.323 e. The van der Waals surface area contributed by atoms with E-state index in [-0.39, 0.29) is 12.0 Å². The Balaban J connectivity index is 2.63. The van der Waals surface area contributed by atoms with Crippen LogP contribution in [0.3, 0.4) is 0 Å². The van der Waals surface area contributed by atoms with Crippen molar-refractivity contribution in [3.8, 4) is 0 Å². The van der Waals surface area contributed by atoms with Crippen molar-refractivity contribution >= 4 is 62.0 Å². The maximum atomic E-state index is 12.6. The minimum atomic E-state index is -0.971. The van der Waals surface area contributed by atoms with Crippen molar-refractivity contribution in [3.05, 3.63) is 55.2 Å². The first-order chi connectivity index (χ1) is 10.0. The molecule has 4 nitrogen and oxygen atoms in total. The highest BCUT2D eigenvalue weighted by atomic mass is 127. The number of para-hydroxylation sites is 1. The van der Waals surface area contributed by atoms with E-state index in [1.54, 1.807) is 41.0 Å². The highest BCUT2D eigenvalue weighted by molar-refractivity contribution is 14.1. The molecule has 0 unspecified atom stereocenters.